The second kappa shape index (κ2) is 3.29. The first-order valence-corrected chi connectivity index (χ1v) is 4.99. The average Bonchev–Trinajstić information content (AvgIpc) is 2.63. The number of amides is 1. The maximum atomic E-state index is 11.2. The predicted octanol–water partition coefficient (Wildman–Crippen LogP) is 1.61. The Kier molecular flexibility index (Phi) is 2.71. The summed E-state index contributed by atoms with van der Waals surface area (Å²) in [7, 11) is 0. The van der Waals surface area contributed by atoms with E-state index in [1.807, 2.05) is 0 Å². The predicted molar refractivity (Wildman–Crippen MR) is 53.4 cm³/mol. The van der Waals surface area contributed by atoms with E-state index in [1.165, 1.54) is 0 Å². The third kappa shape index (κ3) is 1.94. The van der Waals surface area contributed by atoms with Gasteiger partial charge >= 0.3 is 0 Å². The maximum Gasteiger partial charge on any atom is 0.232 e. The molecule has 12 heavy (non-hydrogen) atoms. The molecule has 1 N–H and O–H groups in total. The molecule has 1 amide bonds. The molecule has 1 fully saturated rings. The Hall–Kier alpha value is -0.180. The van der Waals surface area contributed by atoms with Crippen molar-refractivity contribution in [1.29, 1.82) is 0 Å². The summed E-state index contributed by atoms with van der Waals surface area (Å²) >= 11 is 4.07. The fourth-order valence-corrected chi connectivity index (χ4v) is 1.39. The lowest BCUT2D eigenvalue weighted by Gasteiger charge is -2.10. The highest BCUT2D eigenvalue weighted by Crippen LogP contribution is 2.48. The normalized spacial score (nSPS) is 35.8. The second-order valence-corrected chi connectivity index (χ2v) is 4.72. The van der Waals surface area contributed by atoms with Crippen molar-refractivity contribution in [2.45, 2.75) is 44.9 Å². The number of thiol groups is 1. The van der Waals surface area contributed by atoms with Crippen LogP contribution in [0, 0.1) is 5.41 Å². The highest BCUT2D eigenvalue weighted by atomic mass is 32.1. The first kappa shape index (κ1) is 9.90. The third-order valence-corrected chi connectivity index (χ3v) is 3.09. The third-order valence-electron chi connectivity index (χ3n) is 2.86. The molecule has 0 bridgehead atoms. The molecule has 2 nitrogen and oxygen atoms in total. The first-order valence-electron chi connectivity index (χ1n) is 4.48. The van der Waals surface area contributed by atoms with Gasteiger partial charge in [0.15, 0.2) is 0 Å². The summed E-state index contributed by atoms with van der Waals surface area (Å²) in [5.41, 5.74) is 0.359. The van der Waals surface area contributed by atoms with Crippen LogP contribution in [0.15, 0.2) is 0 Å². The van der Waals surface area contributed by atoms with Crippen molar-refractivity contribution in [3.8, 4) is 0 Å². The summed E-state index contributed by atoms with van der Waals surface area (Å²) in [5.74, 6) is 0.0560. The van der Waals surface area contributed by atoms with Gasteiger partial charge in [-0.3, -0.25) is 4.79 Å². The number of nitrogens with one attached hydrogen (secondary N) is 1. The van der Waals surface area contributed by atoms with Crippen LogP contribution >= 0.6 is 12.6 Å². The molecule has 70 valence electrons. The Labute approximate surface area is 79.5 Å². The lowest BCUT2D eigenvalue weighted by Crippen LogP contribution is -2.33. The number of hydrogen-bond acceptors (Lipinski definition) is 2. The van der Waals surface area contributed by atoms with Gasteiger partial charge in [0.2, 0.25) is 5.91 Å². The van der Waals surface area contributed by atoms with E-state index in [1.54, 1.807) is 6.92 Å². The van der Waals surface area contributed by atoms with E-state index in [-0.39, 0.29) is 11.2 Å². The second-order valence-electron chi connectivity index (χ2n) is 3.95. The van der Waals surface area contributed by atoms with Gasteiger partial charge < -0.3 is 5.32 Å². The van der Waals surface area contributed by atoms with E-state index in [4.69, 9.17) is 0 Å². The Morgan fingerprint density at radius 1 is 1.83 bits per heavy atom. The molecule has 3 atom stereocenters. The fourth-order valence-electron chi connectivity index (χ4n) is 1.32. The molecule has 0 aliphatic heterocycles. The van der Waals surface area contributed by atoms with E-state index in [9.17, 15) is 4.79 Å². The Morgan fingerprint density at radius 2 is 2.42 bits per heavy atom. The van der Waals surface area contributed by atoms with Crippen LogP contribution in [0.2, 0.25) is 0 Å². The van der Waals surface area contributed by atoms with Gasteiger partial charge in [-0.1, -0.05) is 13.8 Å². The summed E-state index contributed by atoms with van der Waals surface area (Å²) in [6.07, 6.45) is 2.26. The van der Waals surface area contributed by atoms with Gasteiger partial charge in [-0.05, 0) is 25.2 Å². The molecular formula is C9H17NOS. The molecule has 1 saturated carbocycles. The summed E-state index contributed by atoms with van der Waals surface area (Å²) < 4.78 is 0. The molecule has 1 aliphatic carbocycles. The number of carbonyl (C=O) groups excluding carboxylic acids is 1. The zero-order valence-electron chi connectivity index (χ0n) is 7.92. The fraction of sp³-hybridized carbons (Fsp3) is 0.889. The minimum absolute atomic E-state index is 0.0560. The van der Waals surface area contributed by atoms with E-state index in [0.29, 0.717) is 11.5 Å². The topological polar surface area (TPSA) is 29.1 Å². The number of hydrogen-bond donors (Lipinski definition) is 2. The van der Waals surface area contributed by atoms with Crippen molar-refractivity contribution in [2.24, 2.45) is 5.41 Å². The van der Waals surface area contributed by atoms with Crippen LogP contribution in [0.5, 0.6) is 0 Å². The largest absolute Gasteiger partial charge is 0.352 e. The molecule has 0 heterocycles. The van der Waals surface area contributed by atoms with Crippen LogP contribution in [0.25, 0.3) is 0 Å². The molecule has 0 spiro atoms. The van der Waals surface area contributed by atoms with Crippen molar-refractivity contribution in [1.82, 2.24) is 5.32 Å². The highest BCUT2D eigenvalue weighted by Gasteiger charge is 2.49. The maximum absolute atomic E-state index is 11.2. The van der Waals surface area contributed by atoms with Crippen LogP contribution in [-0.4, -0.2) is 17.2 Å². The SMILES string of the molecule is CCC1(C)CC1NC(=O)C(C)S. The monoisotopic (exact) mass is 187 g/mol. The summed E-state index contributed by atoms with van der Waals surface area (Å²) in [6.45, 7) is 6.17. The van der Waals surface area contributed by atoms with Crippen LogP contribution in [0.4, 0.5) is 0 Å². The lowest BCUT2D eigenvalue weighted by atomic mass is 10.1. The molecule has 0 aromatic heterocycles. The highest BCUT2D eigenvalue weighted by molar-refractivity contribution is 7.81. The van der Waals surface area contributed by atoms with Crippen LogP contribution < -0.4 is 5.32 Å². The molecule has 0 saturated heterocycles. The van der Waals surface area contributed by atoms with Gasteiger partial charge in [0.05, 0.1) is 5.25 Å². The van der Waals surface area contributed by atoms with Gasteiger partial charge in [-0.15, -0.1) is 0 Å². The Bertz CT molecular complexity index is 193. The van der Waals surface area contributed by atoms with Crippen LogP contribution in [-0.2, 0) is 4.79 Å². The van der Waals surface area contributed by atoms with Crippen molar-refractivity contribution in [3.63, 3.8) is 0 Å². The zero-order chi connectivity index (χ0) is 9.35. The molecule has 1 aliphatic rings. The van der Waals surface area contributed by atoms with E-state index in [0.717, 1.165) is 12.8 Å². The van der Waals surface area contributed by atoms with Crippen molar-refractivity contribution < 1.29 is 4.79 Å². The number of rotatable bonds is 3. The molecule has 1 rings (SSSR count). The van der Waals surface area contributed by atoms with Crippen molar-refractivity contribution >= 4 is 18.5 Å². The Morgan fingerprint density at radius 3 is 2.75 bits per heavy atom. The molecule has 0 aromatic carbocycles. The molecule has 3 unspecified atom stereocenters. The van der Waals surface area contributed by atoms with Gasteiger partial charge in [-0.25, -0.2) is 0 Å². The van der Waals surface area contributed by atoms with Gasteiger partial charge in [0.1, 0.15) is 0 Å². The lowest BCUT2D eigenvalue weighted by molar-refractivity contribution is -0.120. The molecule has 0 aromatic rings. The van der Waals surface area contributed by atoms with Crippen LogP contribution in [0.1, 0.15) is 33.6 Å². The Balaban J connectivity index is 2.32. The van der Waals surface area contributed by atoms with Gasteiger partial charge in [0.25, 0.3) is 0 Å². The van der Waals surface area contributed by atoms with Crippen LogP contribution in [0.3, 0.4) is 0 Å². The van der Waals surface area contributed by atoms with E-state index < -0.39 is 0 Å². The van der Waals surface area contributed by atoms with E-state index >= 15 is 0 Å². The summed E-state index contributed by atoms with van der Waals surface area (Å²) in [5, 5.41) is 2.79. The molecular weight excluding hydrogens is 170 g/mol. The smallest absolute Gasteiger partial charge is 0.232 e. The summed E-state index contributed by atoms with van der Waals surface area (Å²) in [6, 6.07) is 0.393. The first-order chi connectivity index (χ1) is 5.49. The van der Waals surface area contributed by atoms with Gasteiger partial charge in [0, 0.05) is 6.04 Å². The zero-order valence-corrected chi connectivity index (χ0v) is 8.82. The average molecular weight is 187 g/mol. The standard InChI is InChI=1S/C9H17NOS/c1-4-9(3)5-7(9)10-8(11)6(2)12/h6-7,12H,4-5H2,1-3H3,(H,10,11). The minimum atomic E-state index is -0.188. The van der Waals surface area contributed by atoms with Crippen molar-refractivity contribution in [3.05, 3.63) is 0 Å². The molecule has 0 radical (unpaired) electrons. The molecule has 3 heteroatoms. The van der Waals surface area contributed by atoms with E-state index in [2.05, 4.69) is 31.8 Å². The quantitative estimate of drug-likeness (QED) is 0.646. The van der Waals surface area contributed by atoms with Crippen molar-refractivity contribution in [2.75, 3.05) is 0 Å². The number of carbonyl (C=O) groups is 1. The van der Waals surface area contributed by atoms with Gasteiger partial charge in [-0.2, -0.15) is 12.6 Å². The minimum Gasteiger partial charge on any atom is -0.352 e. The summed E-state index contributed by atoms with van der Waals surface area (Å²) in [4.78, 5) is 11.2.